The van der Waals surface area contributed by atoms with E-state index in [4.69, 9.17) is 0 Å². The molecule has 3 heteroatoms. The summed E-state index contributed by atoms with van der Waals surface area (Å²) in [7, 11) is 0. The van der Waals surface area contributed by atoms with Crippen molar-refractivity contribution in [1.82, 2.24) is 10.2 Å². The van der Waals surface area contributed by atoms with Crippen molar-refractivity contribution >= 4 is 6.03 Å². The average molecular weight is 254 g/mol. The van der Waals surface area contributed by atoms with E-state index in [1.54, 1.807) is 0 Å². The molecule has 1 aliphatic carbocycles. The predicted molar refractivity (Wildman–Crippen MR) is 76.7 cm³/mol. The van der Waals surface area contributed by atoms with Gasteiger partial charge in [-0.2, -0.15) is 0 Å². The third-order valence-corrected chi connectivity index (χ3v) is 4.30. The largest absolute Gasteiger partial charge is 0.335 e. The van der Waals surface area contributed by atoms with Gasteiger partial charge >= 0.3 is 6.03 Å². The monoisotopic (exact) mass is 254 g/mol. The highest BCUT2D eigenvalue weighted by Gasteiger charge is 2.25. The standard InChI is InChI=1S/C15H30N2O/c1-5-12(3)17(13(4)6-2)15(18)16-14-10-8-7-9-11-14/h12-14H,5-11H2,1-4H3,(H,16,18)/t12-,13-/m1/s1. The number of hydrogen-bond acceptors (Lipinski definition) is 1. The molecule has 0 saturated heterocycles. The van der Waals surface area contributed by atoms with E-state index in [0.29, 0.717) is 18.1 Å². The van der Waals surface area contributed by atoms with E-state index in [1.165, 1.54) is 19.3 Å². The second-order valence-electron chi connectivity index (χ2n) is 5.71. The Hall–Kier alpha value is -0.730. The van der Waals surface area contributed by atoms with Crippen LogP contribution in [0, 0.1) is 0 Å². The molecule has 106 valence electrons. The first-order chi connectivity index (χ1) is 8.60. The average Bonchev–Trinajstić information content (AvgIpc) is 2.39. The van der Waals surface area contributed by atoms with Crippen LogP contribution in [0.2, 0.25) is 0 Å². The molecule has 3 nitrogen and oxygen atoms in total. The molecule has 1 fully saturated rings. The number of nitrogens with one attached hydrogen (secondary N) is 1. The van der Waals surface area contributed by atoms with Gasteiger partial charge in [0.1, 0.15) is 0 Å². The highest BCUT2D eigenvalue weighted by molar-refractivity contribution is 5.75. The summed E-state index contributed by atoms with van der Waals surface area (Å²) >= 11 is 0. The smallest absolute Gasteiger partial charge is 0.318 e. The minimum Gasteiger partial charge on any atom is -0.335 e. The number of hydrogen-bond donors (Lipinski definition) is 1. The van der Waals surface area contributed by atoms with Gasteiger partial charge in [0.2, 0.25) is 0 Å². The zero-order chi connectivity index (χ0) is 13.5. The molecule has 0 aromatic rings. The summed E-state index contributed by atoms with van der Waals surface area (Å²) in [6.45, 7) is 8.58. The van der Waals surface area contributed by atoms with E-state index < -0.39 is 0 Å². The number of carbonyl (C=O) groups excluding carboxylic acids is 1. The highest BCUT2D eigenvalue weighted by Crippen LogP contribution is 2.19. The summed E-state index contributed by atoms with van der Waals surface area (Å²) in [6, 6.07) is 1.19. The van der Waals surface area contributed by atoms with Gasteiger partial charge in [0.25, 0.3) is 0 Å². The third-order valence-electron chi connectivity index (χ3n) is 4.30. The van der Waals surface area contributed by atoms with E-state index in [-0.39, 0.29) is 6.03 Å². The molecule has 0 spiro atoms. The normalized spacial score (nSPS) is 20.2. The van der Waals surface area contributed by atoms with Gasteiger partial charge in [-0.05, 0) is 39.5 Å². The van der Waals surface area contributed by atoms with E-state index in [1.807, 2.05) is 4.90 Å². The summed E-state index contributed by atoms with van der Waals surface area (Å²) in [4.78, 5) is 14.5. The second kappa shape index (κ2) is 7.65. The highest BCUT2D eigenvalue weighted by atomic mass is 16.2. The van der Waals surface area contributed by atoms with Crippen molar-refractivity contribution in [3.63, 3.8) is 0 Å². The predicted octanol–water partition coefficient (Wildman–Crippen LogP) is 3.93. The van der Waals surface area contributed by atoms with Crippen LogP contribution in [0.4, 0.5) is 4.79 Å². The van der Waals surface area contributed by atoms with Crippen LogP contribution in [0.15, 0.2) is 0 Å². The fourth-order valence-corrected chi connectivity index (χ4v) is 2.72. The molecule has 0 radical (unpaired) electrons. The van der Waals surface area contributed by atoms with Crippen LogP contribution >= 0.6 is 0 Å². The maximum absolute atomic E-state index is 12.4. The molecule has 0 heterocycles. The summed E-state index contributed by atoms with van der Waals surface area (Å²) in [5.41, 5.74) is 0. The van der Waals surface area contributed by atoms with Gasteiger partial charge in [-0.15, -0.1) is 0 Å². The van der Waals surface area contributed by atoms with Gasteiger partial charge in [0, 0.05) is 18.1 Å². The molecule has 0 aromatic carbocycles. The summed E-state index contributed by atoms with van der Waals surface area (Å²) in [5, 5.41) is 3.24. The van der Waals surface area contributed by atoms with Crippen LogP contribution in [0.3, 0.4) is 0 Å². The molecule has 0 aliphatic heterocycles. The van der Waals surface area contributed by atoms with Crippen molar-refractivity contribution in [2.75, 3.05) is 0 Å². The van der Waals surface area contributed by atoms with Crippen molar-refractivity contribution in [2.45, 2.75) is 90.8 Å². The molecule has 2 amide bonds. The summed E-state index contributed by atoms with van der Waals surface area (Å²) in [5.74, 6) is 0. The Morgan fingerprint density at radius 2 is 1.61 bits per heavy atom. The number of rotatable bonds is 5. The van der Waals surface area contributed by atoms with Gasteiger partial charge in [-0.3, -0.25) is 0 Å². The lowest BCUT2D eigenvalue weighted by Gasteiger charge is -2.36. The Balaban J connectivity index is 2.57. The van der Waals surface area contributed by atoms with Crippen LogP contribution in [0.1, 0.15) is 72.6 Å². The number of nitrogens with zero attached hydrogens (tertiary/aromatic N) is 1. The van der Waals surface area contributed by atoms with Gasteiger partial charge < -0.3 is 10.2 Å². The lowest BCUT2D eigenvalue weighted by atomic mass is 9.95. The fourth-order valence-electron chi connectivity index (χ4n) is 2.72. The molecule has 1 saturated carbocycles. The van der Waals surface area contributed by atoms with Crippen LogP contribution < -0.4 is 5.32 Å². The van der Waals surface area contributed by atoms with Crippen LogP contribution in [0.25, 0.3) is 0 Å². The van der Waals surface area contributed by atoms with Crippen LogP contribution in [-0.2, 0) is 0 Å². The van der Waals surface area contributed by atoms with Gasteiger partial charge in [-0.1, -0.05) is 33.1 Å². The molecule has 1 aliphatic rings. The summed E-state index contributed by atoms with van der Waals surface area (Å²) in [6.07, 6.45) is 8.19. The molecule has 2 atom stereocenters. The van der Waals surface area contributed by atoms with Crippen LogP contribution in [0.5, 0.6) is 0 Å². The topological polar surface area (TPSA) is 32.3 Å². The Morgan fingerprint density at radius 3 is 2.06 bits per heavy atom. The Morgan fingerprint density at radius 1 is 1.11 bits per heavy atom. The molecule has 1 N–H and O–H groups in total. The molecule has 18 heavy (non-hydrogen) atoms. The van der Waals surface area contributed by atoms with E-state index in [9.17, 15) is 4.79 Å². The van der Waals surface area contributed by atoms with Gasteiger partial charge in [0.15, 0.2) is 0 Å². The minimum atomic E-state index is 0.144. The second-order valence-corrected chi connectivity index (χ2v) is 5.71. The molecular formula is C15H30N2O. The molecule has 0 aromatic heterocycles. The fraction of sp³-hybridized carbons (Fsp3) is 0.933. The van der Waals surface area contributed by atoms with Crippen molar-refractivity contribution < 1.29 is 4.79 Å². The van der Waals surface area contributed by atoms with Crippen LogP contribution in [-0.4, -0.2) is 29.1 Å². The molecule has 1 rings (SSSR count). The van der Waals surface area contributed by atoms with E-state index in [2.05, 4.69) is 33.0 Å². The lowest BCUT2D eigenvalue weighted by molar-refractivity contribution is 0.144. The van der Waals surface area contributed by atoms with Crippen molar-refractivity contribution in [1.29, 1.82) is 0 Å². The van der Waals surface area contributed by atoms with E-state index in [0.717, 1.165) is 25.7 Å². The zero-order valence-corrected chi connectivity index (χ0v) is 12.5. The van der Waals surface area contributed by atoms with Crippen molar-refractivity contribution in [3.05, 3.63) is 0 Å². The number of carbonyl (C=O) groups is 1. The minimum absolute atomic E-state index is 0.144. The zero-order valence-electron chi connectivity index (χ0n) is 12.5. The van der Waals surface area contributed by atoms with Gasteiger partial charge in [0.05, 0.1) is 0 Å². The first kappa shape index (κ1) is 15.3. The summed E-state index contributed by atoms with van der Waals surface area (Å²) < 4.78 is 0. The number of amides is 2. The van der Waals surface area contributed by atoms with E-state index >= 15 is 0 Å². The molecular weight excluding hydrogens is 224 g/mol. The van der Waals surface area contributed by atoms with Gasteiger partial charge in [-0.25, -0.2) is 4.79 Å². The SMILES string of the molecule is CC[C@@H](C)N(C(=O)NC1CCCCC1)[C@H](C)CC. The Labute approximate surface area is 112 Å². The maximum Gasteiger partial charge on any atom is 0.318 e. The number of urea groups is 1. The Kier molecular flexibility index (Phi) is 6.51. The molecule has 0 bridgehead atoms. The lowest BCUT2D eigenvalue weighted by Crippen LogP contribution is -2.52. The molecule has 0 unspecified atom stereocenters. The Bertz CT molecular complexity index is 239. The first-order valence-electron chi connectivity index (χ1n) is 7.68. The maximum atomic E-state index is 12.4. The first-order valence-corrected chi connectivity index (χ1v) is 7.68. The quantitative estimate of drug-likeness (QED) is 0.792. The van der Waals surface area contributed by atoms with Crippen molar-refractivity contribution in [3.8, 4) is 0 Å². The van der Waals surface area contributed by atoms with Crippen molar-refractivity contribution in [2.24, 2.45) is 0 Å². The third kappa shape index (κ3) is 4.18.